The lowest BCUT2D eigenvalue weighted by atomic mass is 9.89. The molecule has 0 amide bonds. The molecule has 0 atom stereocenters. The van der Waals surface area contributed by atoms with Gasteiger partial charge in [-0.2, -0.15) is 0 Å². The number of phenols is 1. The highest BCUT2D eigenvalue weighted by atomic mass is 35.5. The van der Waals surface area contributed by atoms with Crippen molar-refractivity contribution in [3.05, 3.63) is 28.5 Å². The number of halogens is 2. The molecule has 15 heavy (non-hydrogen) atoms. The summed E-state index contributed by atoms with van der Waals surface area (Å²) in [5.74, 6) is -0.264. The Bertz CT molecular complexity index is 364. The van der Waals surface area contributed by atoms with Gasteiger partial charge in [0.25, 0.3) is 0 Å². The van der Waals surface area contributed by atoms with Crippen LogP contribution in [0.5, 0.6) is 5.75 Å². The molecule has 1 aromatic carbocycles. The van der Waals surface area contributed by atoms with Gasteiger partial charge in [0.2, 0.25) is 0 Å². The fraction of sp³-hybridized carbons (Fsp3) is 0.455. The lowest BCUT2D eigenvalue weighted by Gasteiger charge is -2.23. The van der Waals surface area contributed by atoms with Crippen LogP contribution in [0.3, 0.4) is 0 Å². The Morgan fingerprint density at radius 1 is 1.33 bits per heavy atom. The lowest BCUT2D eigenvalue weighted by Crippen LogP contribution is -2.26. The zero-order valence-electron chi connectivity index (χ0n) is 8.26. The zero-order valence-corrected chi connectivity index (χ0v) is 9.02. The summed E-state index contributed by atoms with van der Waals surface area (Å²) < 4.78 is 13.0. The van der Waals surface area contributed by atoms with Gasteiger partial charge in [0.1, 0.15) is 11.6 Å². The van der Waals surface area contributed by atoms with E-state index in [1.165, 1.54) is 0 Å². The Morgan fingerprint density at radius 3 is 2.67 bits per heavy atom. The molecule has 0 aromatic heterocycles. The fourth-order valence-electron chi connectivity index (χ4n) is 2.01. The monoisotopic (exact) mass is 229 g/mol. The van der Waals surface area contributed by atoms with Crippen molar-refractivity contribution in [3.63, 3.8) is 0 Å². The summed E-state index contributed by atoms with van der Waals surface area (Å²) in [6.45, 7) is 1.86. The number of aromatic hydroxyl groups is 1. The van der Waals surface area contributed by atoms with E-state index in [9.17, 15) is 9.50 Å². The molecular weight excluding hydrogens is 217 g/mol. The minimum atomic E-state index is -0.563. The van der Waals surface area contributed by atoms with E-state index in [0.29, 0.717) is 0 Å². The van der Waals surface area contributed by atoms with Crippen LogP contribution in [0, 0.1) is 5.82 Å². The average Bonchev–Trinajstić information content (AvgIpc) is 2.25. The second-order valence-corrected chi connectivity index (χ2v) is 4.26. The van der Waals surface area contributed by atoms with Gasteiger partial charge in [0.05, 0.1) is 5.02 Å². The number of nitrogens with one attached hydrogen (secondary N) is 1. The molecule has 0 aliphatic carbocycles. The van der Waals surface area contributed by atoms with Crippen molar-refractivity contribution in [2.24, 2.45) is 0 Å². The Kier molecular flexibility index (Phi) is 3.12. The van der Waals surface area contributed by atoms with Crippen molar-refractivity contribution in [2.45, 2.75) is 18.8 Å². The van der Waals surface area contributed by atoms with Gasteiger partial charge in [-0.25, -0.2) is 4.39 Å². The van der Waals surface area contributed by atoms with E-state index in [1.807, 2.05) is 0 Å². The summed E-state index contributed by atoms with van der Waals surface area (Å²) in [5.41, 5.74) is 0.767. The third-order valence-corrected chi connectivity index (χ3v) is 3.14. The molecular formula is C11H13ClFNO. The van der Waals surface area contributed by atoms with Crippen molar-refractivity contribution in [1.82, 2.24) is 5.32 Å². The van der Waals surface area contributed by atoms with Crippen LogP contribution in [0.25, 0.3) is 0 Å². The third-order valence-electron chi connectivity index (χ3n) is 2.85. The van der Waals surface area contributed by atoms with Gasteiger partial charge in [0, 0.05) is 6.07 Å². The van der Waals surface area contributed by atoms with E-state index in [4.69, 9.17) is 11.6 Å². The highest BCUT2D eigenvalue weighted by Crippen LogP contribution is 2.35. The maximum atomic E-state index is 13.0. The molecule has 2 nitrogen and oxygen atoms in total. The maximum absolute atomic E-state index is 13.0. The summed E-state index contributed by atoms with van der Waals surface area (Å²) in [6, 6.07) is 2.64. The summed E-state index contributed by atoms with van der Waals surface area (Å²) in [6.07, 6.45) is 1.91. The van der Waals surface area contributed by atoms with Crippen LogP contribution in [0.2, 0.25) is 5.02 Å². The number of hydrogen-bond donors (Lipinski definition) is 2. The quantitative estimate of drug-likeness (QED) is 0.776. The summed E-state index contributed by atoms with van der Waals surface area (Å²) in [5, 5.41) is 13.0. The molecule has 1 aromatic rings. The number of phenolic OH excluding ortho intramolecular Hbond substituents is 1. The molecule has 4 heteroatoms. The predicted molar refractivity (Wildman–Crippen MR) is 57.9 cm³/mol. The first kappa shape index (κ1) is 10.7. The predicted octanol–water partition coefficient (Wildman–Crippen LogP) is 2.65. The molecule has 0 saturated carbocycles. The van der Waals surface area contributed by atoms with Crippen LogP contribution in [0.15, 0.2) is 12.1 Å². The standard InChI is InChI=1S/C11H13ClFNO/c12-9-5-8(11(15)6-10(9)13)7-1-3-14-4-2-7/h5-7,14-15H,1-4H2. The van der Waals surface area contributed by atoms with E-state index in [1.54, 1.807) is 6.07 Å². The van der Waals surface area contributed by atoms with Gasteiger partial charge in [-0.05, 0) is 43.5 Å². The van der Waals surface area contributed by atoms with E-state index in [2.05, 4.69) is 5.32 Å². The van der Waals surface area contributed by atoms with Gasteiger partial charge in [-0.1, -0.05) is 11.6 Å². The van der Waals surface area contributed by atoms with E-state index >= 15 is 0 Å². The zero-order chi connectivity index (χ0) is 10.8. The number of hydrogen-bond acceptors (Lipinski definition) is 2. The molecule has 0 radical (unpaired) electrons. The first-order valence-electron chi connectivity index (χ1n) is 5.07. The molecule has 0 unspecified atom stereocenters. The molecule has 1 heterocycles. The van der Waals surface area contributed by atoms with Crippen molar-refractivity contribution < 1.29 is 9.50 Å². The molecule has 82 valence electrons. The van der Waals surface area contributed by atoms with Gasteiger partial charge in [-0.3, -0.25) is 0 Å². The Balaban J connectivity index is 2.30. The Morgan fingerprint density at radius 2 is 2.00 bits per heavy atom. The third kappa shape index (κ3) is 2.24. The topological polar surface area (TPSA) is 32.3 Å². The first-order chi connectivity index (χ1) is 7.18. The Hall–Kier alpha value is -0.800. The van der Waals surface area contributed by atoms with Gasteiger partial charge in [-0.15, -0.1) is 0 Å². The summed E-state index contributed by atoms with van der Waals surface area (Å²) in [4.78, 5) is 0. The molecule has 2 N–H and O–H groups in total. The molecule has 0 spiro atoms. The Labute approximate surface area is 93.1 Å². The first-order valence-corrected chi connectivity index (χ1v) is 5.45. The van der Waals surface area contributed by atoms with Crippen LogP contribution in [-0.4, -0.2) is 18.2 Å². The smallest absolute Gasteiger partial charge is 0.145 e. The number of benzene rings is 1. The summed E-state index contributed by atoms with van der Waals surface area (Å²) >= 11 is 5.70. The highest BCUT2D eigenvalue weighted by Gasteiger charge is 2.19. The second-order valence-electron chi connectivity index (χ2n) is 3.85. The van der Waals surface area contributed by atoms with Crippen LogP contribution < -0.4 is 5.32 Å². The van der Waals surface area contributed by atoms with Crippen LogP contribution in [0.1, 0.15) is 24.3 Å². The van der Waals surface area contributed by atoms with Gasteiger partial charge in [0.15, 0.2) is 0 Å². The maximum Gasteiger partial charge on any atom is 0.145 e. The fourth-order valence-corrected chi connectivity index (χ4v) is 2.18. The molecule has 2 rings (SSSR count). The van der Waals surface area contributed by atoms with E-state index in [0.717, 1.165) is 37.6 Å². The normalized spacial score (nSPS) is 18.0. The lowest BCUT2D eigenvalue weighted by molar-refractivity contribution is 0.421. The number of rotatable bonds is 1. The second kappa shape index (κ2) is 4.37. The number of piperidine rings is 1. The van der Waals surface area contributed by atoms with Gasteiger partial charge >= 0.3 is 0 Å². The molecule has 0 bridgehead atoms. The van der Waals surface area contributed by atoms with Crippen molar-refractivity contribution in [3.8, 4) is 5.75 Å². The van der Waals surface area contributed by atoms with Crippen molar-refractivity contribution in [1.29, 1.82) is 0 Å². The van der Waals surface area contributed by atoms with Gasteiger partial charge < -0.3 is 10.4 Å². The van der Waals surface area contributed by atoms with Crippen LogP contribution in [0.4, 0.5) is 4.39 Å². The van der Waals surface area contributed by atoms with Crippen LogP contribution in [-0.2, 0) is 0 Å². The molecule has 1 aliphatic rings. The molecule has 1 fully saturated rings. The van der Waals surface area contributed by atoms with E-state index < -0.39 is 5.82 Å². The highest BCUT2D eigenvalue weighted by molar-refractivity contribution is 6.30. The summed E-state index contributed by atoms with van der Waals surface area (Å²) in [7, 11) is 0. The average molecular weight is 230 g/mol. The molecule has 1 saturated heterocycles. The minimum Gasteiger partial charge on any atom is -0.508 e. The minimum absolute atomic E-state index is 0.0174. The van der Waals surface area contributed by atoms with Crippen molar-refractivity contribution in [2.75, 3.05) is 13.1 Å². The molecule has 1 aliphatic heterocycles. The van der Waals surface area contributed by atoms with Crippen LogP contribution >= 0.6 is 11.6 Å². The largest absolute Gasteiger partial charge is 0.508 e. The van der Waals surface area contributed by atoms with E-state index in [-0.39, 0.29) is 16.7 Å². The SMILES string of the molecule is Oc1cc(F)c(Cl)cc1C1CCNCC1. The van der Waals surface area contributed by atoms with Crippen molar-refractivity contribution >= 4 is 11.6 Å².